The fraction of sp³-hybridized carbons (Fsp3) is 0.0930. The highest BCUT2D eigenvalue weighted by Crippen LogP contribution is 2.42. The lowest BCUT2D eigenvalue weighted by Crippen LogP contribution is -2.16. The smallest absolute Gasteiger partial charge is 0.162 e. The molecule has 4 heterocycles. The normalized spacial score (nSPS) is 12.4. The Balaban J connectivity index is 1.45. The van der Waals surface area contributed by atoms with Gasteiger partial charge in [0.05, 0.1) is 28.1 Å². The van der Waals surface area contributed by atoms with Crippen LogP contribution in [0, 0.1) is 0 Å². The molecule has 8 bridgehead atoms. The average Bonchev–Trinajstić information content (AvgIpc) is 3.51. The second kappa shape index (κ2) is 10.7. The fourth-order valence-electron chi connectivity index (χ4n) is 6.83. The predicted molar refractivity (Wildman–Crippen MR) is 198 cm³/mol. The van der Waals surface area contributed by atoms with Crippen LogP contribution in [-0.2, 0) is 5.41 Å². The lowest BCUT2D eigenvalue weighted by atomic mass is 9.85. The number of nitrogens with zero attached hydrogens (tertiary/aromatic N) is 4. The zero-order valence-corrected chi connectivity index (χ0v) is 27.1. The van der Waals surface area contributed by atoms with E-state index < -0.39 is 0 Å². The standard InChI is InChI=1S/C43H33N5/c1-43(2,3)29-23-28-24-31(25-29)48(30-15-8-5-9-16-30)39-22-12-21-36(44-39)34-19-10-17-32-33-18-11-20-35(41(33)47-40(32)34)42-45-37(26-38(28)46-42)27-13-6-4-7-14-27/h4-26,47H,1-3H3. The molecule has 0 atom stereocenters. The second-order valence-electron chi connectivity index (χ2n) is 13.5. The van der Waals surface area contributed by atoms with Crippen LogP contribution in [0.25, 0.3) is 67.0 Å². The van der Waals surface area contributed by atoms with Gasteiger partial charge >= 0.3 is 0 Å². The quantitative estimate of drug-likeness (QED) is 0.209. The molecule has 1 N–H and O–H groups in total. The maximum atomic E-state index is 5.36. The maximum absolute atomic E-state index is 5.36. The summed E-state index contributed by atoms with van der Waals surface area (Å²) in [6, 6.07) is 49.0. The summed E-state index contributed by atoms with van der Waals surface area (Å²) < 4.78 is 0. The summed E-state index contributed by atoms with van der Waals surface area (Å²) in [5.41, 5.74) is 11.9. The molecule has 0 aliphatic carbocycles. The number of hydrogen-bond donors (Lipinski definition) is 1. The van der Waals surface area contributed by atoms with E-state index in [0.717, 1.165) is 78.3 Å². The van der Waals surface area contributed by atoms with Gasteiger partial charge in [0.15, 0.2) is 5.82 Å². The molecule has 0 fully saturated rings. The highest BCUT2D eigenvalue weighted by atomic mass is 15.2. The number of hydrogen-bond acceptors (Lipinski definition) is 4. The largest absolute Gasteiger partial charge is 0.353 e. The molecule has 1 aliphatic heterocycles. The number of anilines is 3. The molecule has 1 aliphatic rings. The molecule has 48 heavy (non-hydrogen) atoms. The number of aromatic nitrogens is 4. The molecule has 5 nitrogen and oxygen atoms in total. The third-order valence-corrected chi connectivity index (χ3v) is 9.30. The third-order valence-electron chi connectivity index (χ3n) is 9.30. The summed E-state index contributed by atoms with van der Waals surface area (Å²) in [5, 5.41) is 2.27. The minimum atomic E-state index is -0.120. The van der Waals surface area contributed by atoms with Crippen molar-refractivity contribution >= 4 is 39.0 Å². The first-order valence-electron chi connectivity index (χ1n) is 16.4. The lowest BCUT2D eigenvalue weighted by molar-refractivity contribution is 0.590. The molecule has 0 unspecified atom stereocenters. The van der Waals surface area contributed by atoms with E-state index in [1.807, 2.05) is 6.07 Å². The molecule has 0 saturated heterocycles. The Kier molecular flexibility index (Phi) is 6.31. The zero-order chi connectivity index (χ0) is 32.4. The molecule has 0 spiro atoms. The topological polar surface area (TPSA) is 57.7 Å². The van der Waals surface area contributed by atoms with Crippen LogP contribution in [0.4, 0.5) is 17.2 Å². The number of aromatic amines is 1. The lowest BCUT2D eigenvalue weighted by Gasteiger charge is -2.28. The molecular weight excluding hydrogens is 587 g/mol. The van der Waals surface area contributed by atoms with Gasteiger partial charge < -0.3 is 4.98 Å². The van der Waals surface area contributed by atoms with Crippen molar-refractivity contribution in [3.8, 4) is 45.2 Å². The number of benzene rings is 5. The molecular formula is C43H33N5. The van der Waals surface area contributed by atoms with Crippen LogP contribution in [0.1, 0.15) is 26.3 Å². The van der Waals surface area contributed by atoms with Gasteiger partial charge in [-0.1, -0.05) is 106 Å². The number of pyridine rings is 1. The Morgan fingerprint density at radius 3 is 1.88 bits per heavy atom. The van der Waals surface area contributed by atoms with Gasteiger partial charge in [0.1, 0.15) is 5.82 Å². The summed E-state index contributed by atoms with van der Waals surface area (Å²) in [7, 11) is 0. The Bertz CT molecular complexity index is 2490. The van der Waals surface area contributed by atoms with Crippen LogP contribution in [0.2, 0.25) is 0 Å². The van der Waals surface area contributed by atoms with Crippen LogP contribution in [0.3, 0.4) is 0 Å². The highest BCUT2D eigenvalue weighted by molar-refractivity contribution is 6.14. The molecule has 0 radical (unpaired) electrons. The minimum Gasteiger partial charge on any atom is -0.353 e. The van der Waals surface area contributed by atoms with Crippen molar-refractivity contribution in [2.45, 2.75) is 26.2 Å². The molecule has 8 aromatic rings. The van der Waals surface area contributed by atoms with E-state index in [4.69, 9.17) is 15.0 Å². The van der Waals surface area contributed by atoms with Crippen molar-refractivity contribution in [2.24, 2.45) is 0 Å². The molecule has 9 rings (SSSR count). The predicted octanol–water partition coefficient (Wildman–Crippen LogP) is 11.3. The fourth-order valence-corrected chi connectivity index (χ4v) is 6.83. The van der Waals surface area contributed by atoms with Crippen LogP contribution in [0.15, 0.2) is 140 Å². The first-order chi connectivity index (χ1) is 23.4. The first-order valence-corrected chi connectivity index (χ1v) is 16.4. The maximum Gasteiger partial charge on any atom is 0.162 e. The van der Waals surface area contributed by atoms with E-state index in [9.17, 15) is 0 Å². The van der Waals surface area contributed by atoms with Crippen LogP contribution < -0.4 is 4.90 Å². The number of nitrogens with one attached hydrogen (secondary N) is 1. The third kappa shape index (κ3) is 4.66. The Morgan fingerprint density at radius 2 is 1.15 bits per heavy atom. The molecule has 0 saturated carbocycles. The highest BCUT2D eigenvalue weighted by Gasteiger charge is 2.23. The molecule has 5 aromatic carbocycles. The Hall–Kier alpha value is -6.07. The van der Waals surface area contributed by atoms with Crippen molar-refractivity contribution in [1.82, 2.24) is 19.9 Å². The van der Waals surface area contributed by atoms with E-state index in [0.29, 0.717) is 5.82 Å². The van der Waals surface area contributed by atoms with Crippen molar-refractivity contribution < 1.29 is 0 Å². The molecule has 3 aromatic heterocycles. The van der Waals surface area contributed by atoms with Crippen LogP contribution in [-0.4, -0.2) is 19.9 Å². The van der Waals surface area contributed by atoms with Gasteiger partial charge in [0.2, 0.25) is 0 Å². The van der Waals surface area contributed by atoms with Gasteiger partial charge in [-0.15, -0.1) is 0 Å². The summed E-state index contributed by atoms with van der Waals surface area (Å²) in [6.45, 7) is 6.78. The van der Waals surface area contributed by atoms with E-state index >= 15 is 0 Å². The summed E-state index contributed by atoms with van der Waals surface area (Å²) >= 11 is 0. The van der Waals surface area contributed by atoms with Crippen LogP contribution in [0.5, 0.6) is 0 Å². The van der Waals surface area contributed by atoms with Crippen molar-refractivity contribution in [1.29, 1.82) is 0 Å². The van der Waals surface area contributed by atoms with Gasteiger partial charge in [-0.2, -0.15) is 0 Å². The van der Waals surface area contributed by atoms with E-state index in [1.54, 1.807) is 0 Å². The van der Waals surface area contributed by atoms with Crippen molar-refractivity contribution in [2.75, 3.05) is 4.90 Å². The number of para-hydroxylation sites is 3. The molecule has 0 amide bonds. The van der Waals surface area contributed by atoms with E-state index in [2.05, 4.69) is 164 Å². The Morgan fingerprint density at radius 1 is 0.500 bits per heavy atom. The first kappa shape index (κ1) is 28.2. The van der Waals surface area contributed by atoms with Crippen molar-refractivity contribution in [3.05, 3.63) is 145 Å². The average molecular weight is 620 g/mol. The van der Waals surface area contributed by atoms with E-state index in [-0.39, 0.29) is 5.41 Å². The monoisotopic (exact) mass is 619 g/mol. The zero-order valence-electron chi connectivity index (χ0n) is 27.1. The van der Waals surface area contributed by atoms with Crippen molar-refractivity contribution in [3.63, 3.8) is 0 Å². The van der Waals surface area contributed by atoms with Gasteiger partial charge in [-0.05, 0) is 65.6 Å². The molecule has 230 valence electrons. The molecule has 5 heteroatoms. The van der Waals surface area contributed by atoms with Gasteiger partial charge in [-0.3, -0.25) is 4.90 Å². The SMILES string of the molecule is CC(C)(C)c1cc2cc(c1)N(c1ccccc1)c1cccc(n1)-c1cccc3c1[nH]c1c(cccc13)-c1nc(-c3ccccc3)cc-2n1. The van der Waals surface area contributed by atoms with Gasteiger partial charge in [0.25, 0.3) is 0 Å². The summed E-state index contributed by atoms with van der Waals surface area (Å²) in [6.07, 6.45) is 0. The Labute approximate surface area is 279 Å². The number of fused-ring (bicyclic) bond motifs is 10. The van der Waals surface area contributed by atoms with Crippen LogP contribution >= 0.6 is 0 Å². The minimum absolute atomic E-state index is 0.120. The second-order valence-corrected chi connectivity index (χ2v) is 13.5. The van der Waals surface area contributed by atoms with Gasteiger partial charge in [0, 0.05) is 44.4 Å². The number of H-pyrrole nitrogens is 1. The summed E-state index contributed by atoms with van der Waals surface area (Å²) in [5.74, 6) is 1.52. The van der Waals surface area contributed by atoms with E-state index in [1.165, 1.54) is 5.56 Å². The van der Waals surface area contributed by atoms with Gasteiger partial charge in [-0.25, -0.2) is 15.0 Å². The number of rotatable bonds is 2. The summed E-state index contributed by atoms with van der Waals surface area (Å²) in [4.78, 5) is 22.0.